The Morgan fingerprint density at radius 2 is 1.26 bits per heavy atom. The number of phenols is 2. The second-order valence-corrected chi connectivity index (χ2v) is 14.8. The van der Waals surface area contributed by atoms with Crippen LogP contribution < -0.4 is 10.5 Å². The van der Waals surface area contributed by atoms with Crippen LogP contribution in [0.2, 0.25) is 15.1 Å². The Balaban J connectivity index is 0.000000265. The van der Waals surface area contributed by atoms with E-state index in [-0.39, 0.29) is 62.8 Å². The lowest BCUT2D eigenvalue weighted by atomic mass is 9.92. The van der Waals surface area contributed by atoms with E-state index in [0.717, 1.165) is 0 Å². The fourth-order valence-corrected chi connectivity index (χ4v) is 4.98. The third kappa shape index (κ3) is 10.7. The SMILES string of the molecule is COC(=O)c1cc(Cl)c(O)c(CC(=O)C(C)(C)Br)c1.COC(=O)c1cc(Cl)c2c(c1)CC(=O)C(C)(C)O2.COC(=O)c1cc(N)c(O)c(Cl)c1. The van der Waals surface area contributed by atoms with Crippen LogP contribution in [0.3, 0.4) is 0 Å². The number of Topliss-reactive ketones (excluding diaryl/α,β-unsaturated/α-hetero) is 2. The number of nitrogens with two attached hydrogens (primary N) is 1. The van der Waals surface area contributed by atoms with Gasteiger partial charge >= 0.3 is 17.9 Å². The van der Waals surface area contributed by atoms with Crippen LogP contribution in [0.25, 0.3) is 0 Å². The van der Waals surface area contributed by atoms with Crippen molar-refractivity contribution in [1.29, 1.82) is 0 Å². The second-order valence-electron chi connectivity index (χ2n) is 11.6. The summed E-state index contributed by atoms with van der Waals surface area (Å²) in [4.78, 5) is 57.7. The number of esters is 3. The molecule has 0 unspecified atom stereocenters. The summed E-state index contributed by atoms with van der Waals surface area (Å²) in [6, 6.07) is 8.37. The number of anilines is 1. The van der Waals surface area contributed by atoms with Gasteiger partial charge in [-0.3, -0.25) is 9.59 Å². The van der Waals surface area contributed by atoms with E-state index in [0.29, 0.717) is 27.5 Å². The van der Waals surface area contributed by atoms with E-state index in [1.165, 1.54) is 51.7 Å². The number of carbonyl (C=O) groups excluding carboxylic acids is 5. The van der Waals surface area contributed by atoms with Crippen molar-refractivity contribution in [3.05, 3.63) is 79.3 Å². The van der Waals surface area contributed by atoms with Crippen LogP contribution in [-0.2, 0) is 36.6 Å². The van der Waals surface area contributed by atoms with E-state index >= 15 is 0 Å². The van der Waals surface area contributed by atoms with Crippen LogP contribution >= 0.6 is 50.7 Å². The molecular formula is C34H35BrCl3NO11. The zero-order valence-corrected chi connectivity index (χ0v) is 31.9. The van der Waals surface area contributed by atoms with Crippen LogP contribution in [0.4, 0.5) is 5.69 Å². The number of rotatable bonds is 6. The van der Waals surface area contributed by atoms with Crippen molar-refractivity contribution in [2.75, 3.05) is 27.1 Å². The molecule has 0 bridgehead atoms. The van der Waals surface area contributed by atoms with Crippen molar-refractivity contribution in [2.24, 2.45) is 0 Å². The lowest BCUT2D eigenvalue weighted by molar-refractivity contribution is -0.132. The molecule has 0 spiro atoms. The molecule has 0 aliphatic carbocycles. The number of carbonyl (C=O) groups is 5. The van der Waals surface area contributed by atoms with Gasteiger partial charge in [0.2, 0.25) is 0 Å². The molecule has 50 heavy (non-hydrogen) atoms. The van der Waals surface area contributed by atoms with Crippen molar-refractivity contribution >= 4 is 85.9 Å². The summed E-state index contributed by atoms with van der Waals surface area (Å²) in [5, 5.41) is 19.4. The summed E-state index contributed by atoms with van der Waals surface area (Å²) in [6.45, 7) is 6.81. The summed E-state index contributed by atoms with van der Waals surface area (Å²) < 4.78 is 18.5. The minimum atomic E-state index is -0.885. The molecule has 0 saturated heterocycles. The molecule has 4 N–H and O–H groups in total. The number of aromatic hydroxyl groups is 2. The minimum Gasteiger partial charge on any atom is -0.506 e. The van der Waals surface area contributed by atoms with Crippen LogP contribution in [0.1, 0.15) is 69.9 Å². The number of ketones is 2. The Morgan fingerprint density at radius 1 is 0.820 bits per heavy atom. The maximum absolute atomic E-state index is 11.9. The lowest BCUT2D eigenvalue weighted by Gasteiger charge is -2.31. The molecular weight excluding hydrogens is 785 g/mol. The Morgan fingerprint density at radius 3 is 1.72 bits per heavy atom. The normalized spacial score (nSPS) is 12.8. The lowest BCUT2D eigenvalue weighted by Crippen LogP contribution is -2.42. The number of alkyl halides is 1. The van der Waals surface area contributed by atoms with Gasteiger partial charge in [-0.15, -0.1) is 0 Å². The largest absolute Gasteiger partial charge is 0.506 e. The highest BCUT2D eigenvalue weighted by Crippen LogP contribution is 2.38. The molecule has 0 amide bonds. The first-order valence-electron chi connectivity index (χ1n) is 14.4. The Bertz CT molecular complexity index is 1800. The molecule has 3 aromatic rings. The molecule has 1 heterocycles. The van der Waals surface area contributed by atoms with Gasteiger partial charge in [0.05, 0.1) is 63.1 Å². The first-order chi connectivity index (χ1) is 23.1. The Labute approximate surface area is 311 Å². The number of ether oxygens (including phenoxy) is 4. The Hall–Kier alpha value is -4.04. The number of benzene rings is 3. The summed E-state index contributed by atoms with van der Waals surface area (Å²) >= 11 is 20.7. The number of hydrogen-bond donors (Lipinski definition) is 3. The molecule has 1 aliphatic rings. The van der Waals surface area contributed by atoms with E-state index in [1.807, 2.05) is 0 Å². The second kappa shape index (κ2) is 17.3. The van der Waals surface area contributed by atoms with Crippen LogP contribution in [0.15, 0.2) is 36.4 Å². The fraction of sp³-hybridized carbons (Fsp3) is 0.324. The quantitative estimate of drug-likeness (QED) is 0.0765. The van der Waals surface area contributed by atoms with E-state index in [9.17, 15) is 34.2 Å². The first kappa shape index (κ1) is 42.1. The first-order valence-corrected chi connectivity index (χ1v) is 16.3. The molecule has 0 radical (unpaired) electrons. The smallest absolute Gasteiger partial charge is 0.337 e. The summed E-state index contributed by atoms with van der Waals surface area (Å²) in [5.41, 5.74) is 6.17. The molecule has 3 aromatic carbocycles. The van der Waals surface area contributed by atoms with E-state index < -0.39 is 27.8 Å². The predicted molar refractivity (Wildman–Crippen MR) is 191 cm³/mol. The molecule has 0 atom stereocenters. The van der Waals surface area contributed by atoms with Crippen LogP contribution in [0, 0.1) is 0 Å². The topological polar surface area (TPSA) is 189 Å². The predicted octanol–water partition coefficient (Wildman–Crippen LogP) is 6.94. The van der Waals surface area contributed by atoms with Crippen molar-refractivity contribution < 1.29 is 53.1 Å². The highest BCUT2D eigenvalue weighted by Gasteiger charge is 2.36. The van der Waals surface area contributed by atoms with E-state index in [4.69, 9.17) is 45.3 Å². The monoisotopic (exact) mass is 817 g/mol. The van der Waals surface area contributed by atoms with Gasteiger partial charge in [0.1, 0.15) is 11.5 Å². The van der Waals surface area contributed by atoms with Gasteiger partial charge in [0, 0.05) is 24.0 Å². The molecule has 1 aliphatic heterocycles. The average Bonchev–Trinajstić information content (AvgIpc) is 3.05. The van der Waals surface area contributed by atoms with Gasteiger partial charge in [0.25, 0.3) is 0 Å². The van der Waals surface area contributed by atoms with Gasteiger partial charge in [-0.25, -0.2) is 14.4 Å². The summed E-state index contributed by atoms with van der Waals surface area (Å²) in [5.74, 6) is -1.75. The molecule has 4 rings (SSSR count). The molecule has 0 saturated carbocycles. The molecule has 270 valence electrons. The standard InChI is InChI=1S/C13H14BrClO4.C13H13ClO4.C8H8ClNO3/c1-13(2,14)10(16)6-7-4-8(12(18)19-3)5-9(15)11(7)17;1-13(2)10(15)6-7-4-8(12(16)17-3)5-9(14)11(7)18-13;1-13-8(12)4-2-5(9)7(11)6(10)3-4/h4-5,17H,6H2,1-3H3;4-5H,6H2,1-3H3;2-3,11H,10H2,1H3. The fourth-order valence-electron chi connectivity index (χ4n) is 4.10. The van der Waals surface area contributed by atoms with Crippen molar-refractivity contribution in [3.63, 3.8) is 0 Å². The molecule has 16 heteroatoms. The molecule has 0 fully saturated rings. The van der Waals surface area contributed by atoms with Crippen molar-refractivity contribution in [3.8, 4) is 17.2 Å². The zero-order valence-electron chi connectivity index (χ0n) is 28.0. The van der Waals surface area contributed by atoms with Crippen molar-refractivity contribution in [1.82, 2.24) is 0 Å². The Kier molecular flexibility index (Phi) is 14.5. The van der Waals surface area contributed by atoms with E-state index in [1.54, 1.807) is 33.8 Å². The highest BCUT2D eigenvalue weighted by molar-refractivity contribution is 9.10. The van der Waals surface area contributed by atoms with Gasteiger partial charge in [-0.2, -0.15) is 0 Å². The number of fused-ring (bicyclic) bond motifs is 1. The third-order valence-corrected chi connectivity index (χ3v) is 8.31. The molecule has 12 nitrogen and oxygen atoms in total. The number of methoxy groups -OCH3 is 3. The van der Waals surface area contributed by atoms with Gasteiger partial charge in [-0.05, 0) is 64.1 Å². The van der Waals surface area contributed by atoms with Crippen LogP contribution in [0.5, 0.6) is 17.2 Å². The minimum absolute atomic E-state index is 0.0121. The summed E-state index contributed by atoms with van der Waals surface area (Å²) in [6.07, 6.45) is 0.168. The number of phenolic OH excluding ortho intramolecular Hbond substituents is 2. The maximum Gasteiger partial charge on any atom is 0.337 e. The summed E-state index contributed by atoms with van der Waals surface area (Å²) in [7, 11) is 3.79. The number of nitrogen functional groups attached to an aromatic ring is 1. The zero-order chi connectivity index (χ0) is 38.3. The van der Waals surface area contributed by atoms with Gasteiger partial charge < -0.3 is 34.9 Å². The highest BCUT2D eigenvalue weighted by atomic mass is 79.9. The van der Waals surface area contributed by atoms with Gasteiger partial charge in [-0.1, -0.05) is 50.7 Å². The number of hydrogen-bond acceptors (Lipinski definition) is 12. The third-order valence-electron chi connectivity index (χ3n) is 7.01. The van der Waals surface area contributed by atoms with Crippen molar-refractivity contribution in [2.45, 2.75) is 50.5 Å². The number of halogens is 4. The maximum atomic E-state index is 11.9. The average molecular weight is 820 g/mol. The molecule has 0 aromatic heterocycles. The van der Waals surface area contributed by atoms with E-state index in [2.05, 4.69) is 30.1 Å². The van der Waals surface area contributed by atoms with Crippen LogP contribution in [-0.4, -0.2) is 70.9 Å². The van der Waals surface area contributed by atoms with Gasteiger partial charge in [0.15, 0.2) is 22.9 Å².